The number of rotatable bonds is 4. The molecule has 1 aromatic carbocycles. The maximum atomic E-state index is 5.72. The first-order chi connectivity index (χ1) is 7.75. The lowest BCUT2D eigenvalue weighted by atomic mass is 10.2. The van der Waals surface area contributed by atoms with Crippen LogP contribution in [-0.2, 0) is 13.1 Å². The van der Waals surface area contributed by atoms with Gasteiger partial charge in [0.2, 0.25) is 0 Å². The molecule has 0 aliphatic heterocycles. The highest BCUT2D eigenvalue weighted by Gasteiger charge is 1.99. The fourth-order valence-corrected chi connectivity index (χ4v) is 2.35. The second-order valence-corrected chi connectivity index (χ2v) is 5.22. The molecule has 0 spiro atoms. The van der Waals surface area contributed by atoms with Crippen molar-refractivity contribution in [2.45, 2.75) is 13.1 Å². The summed E-state index contributed by atoms with van der Waals surface area (Å²) in [6, 6.07) is 5.96. The van der Waals surface area contributed by atoms with Crippen molar-refractivity contribution in [3.05, 3.63) is 44.8 Å². The Labute approximate surface area is 107 Å². The summed E-state index contributed by atoms with van der Waals surface area (Å²) in [6.45, 7) is 1.62. The summed E-state index contributed by atoms with van der Waals surface area (Å²) >= 11 is 5.07. The Morgan fingerprint density at radius 1 is 1.38 bits per heavy atom. The number of nitrogens with one attached hydrogen (secondary N) is 1. The first kappa shape index (κ1) is 11.6. The normalized spacial score (nSPS) is 10.6. The van der Waals surface area contributed by atoms with E-state index in [1.165, 1.54) is 5.56 Å². The molecular weight excluding hydrogens is 286 g/mol. The fourth-order valence-electron chi connectivity index (χ4n) is 1.33. The van der Waals surface area contributed by atoms with Gasteiger partial charge in [-0.15, -0.1) is 11.3 Å². The molecule has 3 nitrogen and oxygen atoms in total. The lowest BCUT2D eigenvalue weighted by Gasteiger charge is -2.05. The largest absolute Gasteiger partial charge is 0.398 e. The highest BCUT2D eigenvalue weighted by Crippen LogP contribution is 2.20. The van der Waals surface area contributed by atoms with E-state index in [-0.39, 0.29) is 0 Å². The monoisotopic (exact) mass is 297 g/mol. The summed E-state index contributed by atoms with van der Waals surface area (Å²) in [7, 11) is 0. The van der Waals surface area contributed by atoms with Crippen molar-refractivity contribution in [1.29, 1.82) is 0 Å². The van der Waals surface area contributed by atoms with Crippen LogP contribution in [0.3, 0.4) is 0 Å². The third-order valence-corrected chi connectivity index (χ3v) is 3.62. The van der Waals surface area contributed by atoms with E-state index in [1.807, 2.05) is 29.8 Å². The van der Waals surface area contributed by atoms with Gasteiger partial charge in [0.15, 0.2) is 0 Å². The van der Waals surface area contributed by atoms with Crippen molar-refractivity contribution in [3.63, 3.8) is 0 Å². The second kappa shape index (κ2) is 5.43. The van der Waals surface area contributed by atoms with E-state index in [2.05, 4.69) is 26.2 Å². The Bertz CT molecular complexity index is 456. The lowest BCUT2D eigenvalue weighted by Crippen LogP contribution is -2.12. The number of aromatic nitrogens is 1. The molecule has 16 heavy (non-hydrogen) atoms. The topological polar surface area (TPSA) is 50.9 Å². The molecule has 3 N–H and O–H groups in total. The molecule has 0 saturated carbocycles. The number of nitrogens with zero attached hydrogens (tertiary/aromatic N) is 1. The summed E-state index contributed by atoms with van der Waals surface area (Å²) in [5.41, 5.74) is 7.69. The minimum atomic E-state index is 0.767. The second-order valence-electron chi connectivity index (χ2n) is 3.39. The van der Waals surface area contributed by atoms with Gasteiger partial charge in [-0.05, 0) is 33.6 Å². The van der Waals surface area contributed by atoms with Crippen LogP contribution in [0.25, 0.3) is 0 Å². The Morgan fingerprint density at radius 3 is 2.94 bits per heavy atom. The number of hydrogen-bond acceptors (Lipinski definition) is 4. The molecule has 84 valence electrons. The Balaban J connectivity index is 1.87. The van der Waals surface area contributed by atoms with E-state index in [4.69, 9.17) is 5.73 Å². The minimum absolute atomic E-state index is 0.767. The average Bonchev–Trinajstić information content (AvgIpc) is 2.76. The van der Waals surface area contributed by atoms with Crippen molar-refractivity contribution < 1.29 is 0 Å². The first-order valence-corrected chi connectivity index (χ1v) is 6.56. The number of nitrogens with two attached hydrogens (primary N) is 1. The highest BCUT2D eigenvalue weighted by atomic mass is 79.9. The average molecular weight is 298 g/mol. The summed E-state index contributed by atoms with van der Waals surface area (Å²) in [6.07, 6.45) is 1.82. The predicted molar refractivity (Wildman–Crippen MR) is 71.2 cm³/mol. The van der Waals surface area contributed by atoms with Crippen molar-refractivity contribution in [2.24, 2.45) is 0 Å². The Kier molecular flexibility index (Phi) is 3.93. The molecule has 0 fully saturated rings. The van der Waals surface area contributed by atoms with Gasteiger partial charge in [0.25, 0.3) is 0 Å². The van der Waals surface area contributed by atoms with Crippen LogP contribution >= 0.6 is 27.3 Å². The number of benzene rings is 1. The van der Waals surface area contributed by atoms with E-state index < -0.39 is 0 Å². The number of hydrogen-bond donors (Lipinski definition) is 2. The van der Waals surface area contributed by atoms with Crippen molar-refractivity contribution in [1.82, 2.24) is 10.3 Å². The lowest BCUT2D eigenvalue weighted by molar-refractivity contribution is 0.690. The van der Waals surface area contributed by atoms with Crippen LogP contribution in [0.2, 0.25) is 0 Å². The molecule has 0 aliphatic carbocycles. The van der Waals surface area contributed by atoms with Crippen LogP contribution in [0.15, 0.2) is 34.2 Å². The van der Waals surface area contributed by atoms with Crippen LogP contribution in [-0.4, -0.2) is 4.98 Å². The Hall–Kier alpha value is -0.910. The van der Waals surface area contributed by atoms with Crippen molar-refractivity contribution in [2.75, 3.05) is 5.73 Å². The quantitative estimate of drug-likeness (QED) is 0.853. The summed E-state index contributed by atoms with van der Waals surface area (Å²) in [5.74, 6) is 0. The van der Waals surface area contributed by atoms with E-state index in [0.29, 0.717) is 0 Å². The van der Waals surface area contributed by atoms with Gasteiger partial charge in [-0.25, -0.2) is 4.98 Å². The van der Waals surface area contributed by atoms with E-state index in [1.54, 1.807) is 11.3 Å². The van der Waals surface area contributed by atoms with Crippen LogP contribution < -0.4 is 11.1 Å². The summed E-state index contributed by atoms with van der Waals surface area (Å²) in [4.78, 5) is 4.21. The molecule has 0 aliphatic rings. The van der Waals surface area contributed by atoms with E-state index >= 15 is 0 Å². The number of thiazole rings is 1. The zero-order valence-corrected chi connectivity index (χ0v) is 11.0. The molecule has 2 rings (SSSR count). The molecule has 0 saturated heterocycles. The smallest absolute Gasteiger partial charge is 0.106 e. The van der Waals surface area contributed by atoms with Gasteiger partial charge in [-0.3, -0.25) is 0 Å². The SMILES string of the molecule is Nc1ccc(CNCc2nccs2)cc1Br. The molecule has 0 amide bonds. The van der Waals surface area contributed by atoms with Crippen LogP contribution in [0.5, 0.6) is 0 Å². The van der Waals surface area contributed by atoms with Crippen LogP contribution in [0, 0.1) is 0 Å². The van der Waals surface area contributed by atoms with Crippen molar-refractivity contribution >= 4 is 33.0 Å². The number of anilines is 1. The molecule has 1 aromatic heterocycles. The number of nitrogen functional groups attached to an aromatic ring is 1. The van der Waals surface area contributed by atoms with E-state index in [0.717, 1.165) is 28.3 Å². The molecule has 0 radical (unpaired) electrons. The maximum absolute atomic E-state index is 5.72. The van der Waals surface area contributed by atoms with Crippen LogP contribution in [0.1, 0.15) is 10.6 Å². The molecule has 0 atom stereocenters. The zero-order chi connectivity index (χ0) is 11.4. The standard InChI is InChI=1S/C11H12BrN3S/c12-9-5-8(1-2-10(9)13)6-14-7-11-15-3-4-16-11/h1-5,14H,6-7,13H2. The molecule has 5 heteroatoms. The van der Waals surface area contributed by atoms with Gasteiger partial charge in [0.05, 0.1) is 0 Å². The molecule has 0 bridgehead atoms. The maximum Gasteiger partial charge on any atom is 0.106 e. The van der Waals surface area contributed by atoms with Gasteiger partial charge in [0.1, 0.15) is 5.01 Å². The zero-order valence-electron chi connectivity index (χ0n) is 8.61. The molecular formula is C11H12BrN3S. The molecule has 1 heterocycles. The minimum Gasteiger partial charge on any atom is -0.398 e. The molecule has 2 aromatic rings. The fraction of sp³-hybridized carbons (Fsp3) is 0.182. The van der Waals surface area contributed by atoms with Crippen LogP contribution in [0.4, 0.5) is 5.69 Å². The van der Waals surface area contributed by atoms with Gasteiger partial charge in [-0.1, -0.05) is 6.07 Å². The predicted octanol–water partition coefficient (Wildman–Crippen LogP) is 2.78. The first-order valence-electron chi connectivity index (χ1n) is 4.88. The Morgan fingerprint density at radius 2 is 2.25 bits per heavy atom. The van der Waals surface area contributed by atoms with Gasteiger partial charge >= 0.3 is 0 Å². The summed E-state index contributed by atoms with van der Waals surface area (Å²) < 4.78 is 0.945. The summed E-state index contributed by atoms with van der Waals surface area (Å²) in [5, 5.41) is 6.43. The van der Waals surface area contributed by atoms with Gasteiger partial charge in [0, 0.05) is 34.8 Å². The molecule has 0 unspecified atom stereocenters. The highest BCUT2D eigenvalue weighted by molar-refractivity contribution is 9.10. The number of halogens is 1. The van der Waals surface area contributed by atoms with Crippen molar-refractivity contribution in [3.8, 4) is 0 Å². The third kappa shape index (κ3) is 3.04. The van der Waals surface area contributed by atoms with Gasteiger partial charge < -0.3 is 11.1 Å². The third-order valence-electron chi connectivity index (χ3n) is 2.15. The van der Waals surface area contributed by atoms with Gasteiger partial charge in [-0.2, -0.15) is 0 Å². The van der Waals surface area contributed by atoms with E-state index in [9.17, 15) is 0 Å².